The first kappa shape index (κ1) is 16.3. The van der Waals surface area contributed by atoms with Crippen molar-refractivity contribution in [3.05, 3.63) is 59.5 Å². The summed E-state index contributed by atoms with van der Waals surface area (Å²) < 4.78 is 19.7. The monoisotopic (exact) mass is 365 g/mol. The van der Waals surface area contributed by atoms with Crippen LogP contribution in [0.5, 0.6) is 0 Å². The van der Waals surface area contributed by atoms with E-state index in [4.69, 9.17) is 4.74 Å². The lowest BCUT2D eigenvalue weighted by atomic mass is 10.1. The van der Waals surface area contributed by atoms with Crippen LogP contribution in [0.2, 0.25) is 0 Å². The fraction of sp³-hybridized carbons (Fsp3) is 0.286. The van der Waals surface area contributed by atoms with Gasteiger partial charge in [0.15, 0.2) is 0 Å². The highest BCUT2D eigenvalue weighted by Gasteiger charge is 2.39. The fourth-order valence-electron chi connectivity index (χ4n) is 4.12. The molecule has 2 aliphatic rings. The molecule has 2 aromatic carbocycles. The van der Waals surface area contributed by atoms with Crippen molar-refractivity contribution in [2.24, 2.45) is 0 Å². The van der Waals surface area contributed by atoms with Crippen LogP contribution >= 0.6 is 0 Å². The van der Waals surface area contributed by atoms with Crippen molar-refractivity contribution in [2.75, 3.05) is 23.4 Å². The molecule has 1 aromatic heterocycles. The summed E-state index contributed by atoms with van der Waals surface area (Å²) in [6, 6.07) is 12.9. The predicted octanol–water partition coefficient (Wildman–Crippen LogP) is 3.85. The number of anilines is 2. The Bertz CT molecular complexity index is 1010. The van der Waals surface area contributed by atoms with Gasteiger partial charge < -0.3 is 19.9 Å². The van der Waals surface area contributed by atoms with E-state index in [9.17, 15) is 9.18 Å². The van der Waals surface area contributed by atoms with Gasteiger partial charge in [0.25, 0.3) is 5.91 Å². The van der Waals surface area contributed by atoms with E-state index in [0.29, 0.717) is 28.7 Å². The normalized spacial score (nSPS) is 21.2. The number of H-pyrrole nitrogens is 1. The number of carbonyl (C=O) groups is 1. The molecule has 1 amide bonds. The Morgan fingerprint density at radius 2 is 2.19 bits per heavy atom. The maximum atomic E-state index is 14.0. The van der Waals surface area contributed by atoms with Gasteiger partial charge in [0.05, 0.1) is 24.3 Å². The van der Waals surface area contributed by atoms with E-state index in [-0.39, 0.29) is 11.7 Å². The molecule has 0 spiro atoms. The van der Waals surface area contributed by atoms with E-state index in [2.05, 4.69) is 21.3 Å². The number of fused-ring (bicyclic) bond motifs is 3. The number of nitrogens with one attached hydrogen (secondary N) is 2. The molecule has 2 aliphatic heterocycles. The molecule has 2 unspecified atom stereocenters. The van der Waals surface area contributed by atoms with Crippen LogP contribution in [-0.4, -0.2) is 36.2 Å². The van der Waals surface area contributed by atoms with Crippen molar-refractivity contribution >= 4 is 28.2 Å². The average Bonchev–Trinajstić information content (AvgIpc) is 3.40. The lowest BCUT2D eigenvalue weighted by Crippen LogP contribution is -2.36. The van der Waals surface area contributed by atoms with E-state index in [1.165, 1.54) is 6.07 Å². The van der Waals surface area contributed by atoms with E-state index in [1.54, 1.807) is 12.1 Å². The number of aromatic nitrogens is 1. The Kier molecular flexibility index (Phi) is 3.68. The van der Waals surface area contributed by atoms with Gasteiger partial charge in [-0.15, -0.1) is 0 Å². The SMILES string of the molecule is Cc1ccc(F)c2cc(C(=O)Nc3cccc(N4CC5CC4CO5)c3)[nH]c12. The highest BCUT2D eigenvalue weighted by atomic mass is 19.1. The Morgan fingerprint density at radius 3 is 2.93 bits per heavy atom. The molecule has 2 bridgehead atoms. The summed E-state index contributed by atoms with van der Waals surface area (Å²) in [4.78, 5) is 18.0. The van der Waals surface area contributed by atoms with Gasteiger partial charge in [0.2, 0.25) is 0 Å². The quantitative estimate of drug-likeness (QED) is 0.741. The smallest absolute Gasteiger partial charge is 0.272 e. The number of halogens is 1. The summed E-state index contributed by atoms with van der Waals surface area (Å²) in [6.07, 6.45) is 1.38. The Balaban J connectivity index is 1.39. The van der Waals surface area contributed by atoms with E-state index < -0.39 is 0 Å². The minimum Gasteiger partial charge on any atom is -0.374 e. The van der Waals surface area contributed by atoms with Crippen LogP contribution in [0, 0.1) is 12.7 Å². The number of nitrogens with zero attached hydrogens (tertiary/aromatic N) is 1. The highest BCUT2D eigenvalue weighted by molar-refractivity contribution is 6.06. The minimum absolute atomic E-state index is 0.284. The first-order chi connectivity index (χ1) is 13.1. The van der Waals surface area contributed by atoms with Crippen molar-refractivity contribution in [2.45, 2.75) is 25.5 Å². The maximum absolute atomic E-state index is 14.0. The second-order valence-corrected chi connectivity index (χ2v) is 7.34. The van der Waals surface area contributed by atoms with Gasteiger partial charge in [0, 0.05) is 23.3 Å². The molecule has 2 N–H and O–H groups in total. The molecule has 0 aliphatic carbocycles. The van der Waals surface area contributed by atoms with Gasteiger partial charge in [0.1, 0.15) is 11.5 Å². The summed E-state index contributed by atoms with van der Waals surface area (Å²) in [5.41, 5.74) is 3.71. The summed E-state index contributed by atoms with van der Waals surface area (Å²) >= 11 is 0. The van der Waals surface area contributed by atoms with Crippen molar-refractivity contribution < 1.29 is 13.9 Å². The molecular weight excluding hydrogens is 345 g/mol. The first-order valence-corrected chi connectivity index (χ1v) is 9.16. The second-order valence-electron chi connectivity index (χ2n) is 7.34. The molecule has 0 radical (unpaired) electrons. The van der Waals surface area contributed by atoms with Crippen LogP contribution in [0.1, 0.15) is 22.5 Å². The lowest BCUT2D eigenvalue weighted by molar-refractivity contribution is 0.0990. The number of hydrogen-bond acceptors (Lipinski definition) is 3. The Labute approximate surface area is 156 Å². The summed E-state index contributed by atoms with van der Waals surface area (Å²) in [6.45, 7) is 3.54. The van der Waals surface area contributed by atoms with Crippen molar-refractivity contribution in [3.8, 4) is 0 Å². The van der Waals surface area contributed by atoms with E-state index in [1.807, 2.05) is 25.1 Å². The van der Waals surface area contributed by atoms with Crippen LogP contribution in [0.25, 0.3) is 10.9 Å². The molecule has 2 atom stereocenters. The van der Waals surface area contributed by atoms with Gasteiger partial charge in [-0.1, -0.05) is 12.1 Å². The van der Waals surface area contributed by atoms with Crippen LogP contribution in [0.3, 0.4) is 0 Å². The van der Waals surface area contributed by atoms with Crippen molar-refractivity contribution in [1.82, 2.24) is 4.98 Å². The molecule has 5 nitrogen and oxygen atoms in total. The molecule has 3 aromatic rings. The lowest BCUT2D eigenvalue weighted by Gasteiger charge is -2.29. The molecule has 2 saturated heterocycles. The second kappa shape index (κ2) is 6.09. The maximum Gasteiger partial charge on any atom is 0.272 e. The minimum atomic E-state index is -0.334. The molecule has 0 saturated carbocycles. The van der Waals surface area contributed by atoms with E-state index >= 15 is 0 Å². The third kappa shape index (κ3) is 2.77. The van der Waals surface area contributed by atoms with Gasteiger partial charge >= 0.3 is 0 Å². The van der Waals surface area contributed by atoms with Gasteiger partial charge in [-0.3, -0.25) is 4.79 Å². The van der Waals surface area contributed by atoms with Crippen LogP contribution in [0.4, 0.5) is 15.8 Å². The zero-order valence-electron chi connectivity index (χ0n) is 15.0. The number of rotatable bonds is 3. The number of carbonyl (C=O) groups excluding carboxylic acids is 1. The number of ether oxygens (including phenoxy) is 1. The van der Waals surface area contributed by atoms with Crippen LogP contribution in [0.15, 0.2) is 42.5 Å². The topological polar surface area (TPSA) is 57.4 Å². The number of amides is 1. The molecule has 2 fully saturated rings. The van der Waals surface area contributed by atoms with E-state index in [0.717, 1.165) is 36.5 Å². The predicted molar refractivity (Wildman–Crippen MR) is 103 cm³/mol. The van der Waals surface area contributed by atoms with Gasteiger partial charge in [-0.25, -0.2) is 4.39 Å². The Hall–Kier alpha value is -2.86. The number of morpholine rings is 1. The van der Waals surface area contributed by atoms with Gasteiger partial charge in [-0.05, 0) is 49.2 Å². The summed E-state index contributed by atoms with van der Waals surface area (Å²) in [5.74, 6) is -0.618. The van der Waals surface area contributed by atoms with Crippen LogP contribution in [-0.2, 0) is 4.74 Å². The molecule has 27 heavy (non-hydrogen) atoms. The fourth-order valence-corrected chi connectivity index (χ4v) is 4.12. The average molecular weight is 365 g/mol. The van der Waals surface area contributed by atoms with Crippen LogP contribution < -0.4 is 10.2 Å². The molecular formula is C21H20FN3O2. The highest BCUT2D eigenvalue weighted by Crippen LogP contribution is 2.33. The number of aromatic amines is 1. The number of benzene rings is 2. The number of aryl methyl sites for hydroxylation is 1. The summed E-state index contributed by atoms with van der Waals surface area (Å²) in [7, 11) is 0. The molecule has 5 rings (SSSR count). The Morgan fingerprint density at radius 1 is 1.30 bits per heavy atom. The first-order valence-electron chi connectivity index (χ1n) is 9.16. The molecule has 3 heterocycles. The third-order valence-electron chi connectivity index (χ3n) is 5.53. The number of hydrogen-bond donors (Lipinski definition) is 2. The van der Waals surface area contributed by atoms with Crippen molar-refractivity contribution in [1.29, 1.82) is 0 Å². The third-order valence-corrected chi connectivity index (χ3v) is 5.53. The molecule has 138 valence electrons. The largest absolute Gasteiger partial charge is 0.374 e. The standard InChI is InChI=1S/C21H20FN3O2/c1-12-5-6-18(22)17-9-19(24-20(12)17)21(26)23-13-3-2-4-14(7-13)25-10-16-8-15(25)11-27-16/h2-7,9,15-16,24H,8,10-11H2,1H3,(H,23,26). The molecule has 6 heteroatoms. The van der Waals surface area contributed by atoms with Crippen molar-refractivity contribution in [3.63, 3.8) is 0 Å². The van der Waals surface area contributed by atoms with Gasteiger partial charge in [-0.2, -0.15) is 0 Å². The zero-order valence-corrected chi connectivity index (χ0v) is 15.0. The summed E-state index contributed by atoms with van der Waals surface area (Å²) in [5, 5.41) is 3.35. The zero-order chi connectivity index (χ0) is 18.5.